The van der Waals surface area contributed by atoms with Gasteiger partial charge in [0.25, 0.3) is 0 Å². The molecule has 1 aromatic heterocycles. The maximum Gasteiger partial charge on any atom is 0.317 e. The van der Waals surface area contributed by atoms with E-state index in [1.54, 1.807) is 12.1 Å². The van der Waals surface area contributed by atoms with Gasteiger partial charge < -0.3 is 20.1 Å². The molecule has 1 saturated carbocycles. The van der Waals surface area contributed by atoms with Crippen LogP contribution in [0.1, 0.15) is 57.3 Å². The van der Waals surface area contributed by atoms with E-state index in [9.17, 15) is 14.0 Å². The summed E-state index contributed by atoms with van der Waals surface area (Å²) >= 11 is 0. The van der Waals surface area contributed by atoms with Crippen molar-refractivity contribution in [2.45, 2.75) is 69.9 Å². The largest absolute Gasteiger partial charge is 0.353 e. The molecule has 4 rings (SSSR count). The van der Waals surface area contributed by atoms with Crippen molar-refractivity contribution < 1.29 is 18.5 Å². The van der Waals surface area contributed by atoms with Crippen LogP contribution in [0, 0.1) is 5.82 Å². The van der Waals surface area contributed by atoms with Crippen LogP contribution in [-0.4, -0.2) is 52.2 Å². The van der Waals surface area contributed by atoms with E-state index < -0.39 is 0 Å². The number of urea groups is 1. The summed E-state index contributed by atoms with van der Waals surface area (Å²) in [5.74, 6) is 0.342. The van der Waals surface area contributed by atoms with E-state index in [1.165, 1.54) is 31.4 Å². The fraction of sp³-hybridized carbons (Fsp3) is 0.565. The molecule has 2 N–H and O–H groups in total. The van der Waals surface area contributed by atoms with Crippen LogP contribution in [0.5, 0.6) is 0 Å². The first-order chi connectivity index (χ1) is 15.6. The Labute approximate surface area is 186 Å². The number of aromatic nitrogens is 2. The number of aryl methyl sites for hydroxylation is 1. The fourth-order valence-corrected chi connectivity index (χ4v) is 4.33. The number of nitrogens with zero attached hydrogens (tertiary/aromatic N) is 3. The first-order valence-electron chi connectivity index (χ1n) is 11.5. The van der Waals surface area contributed by atoms with Crippen molar-refractivity contribution in [3.05, 3.63) is 36.0 Å². The Morgan fingerprint density at radius 1 is 1.00 bits per heavy atom. The number of hydrogen-bond acceptors (Lipinski definition) is 5. The van der Waals surface area contributed by atoms with Gasteiger partial charge in [-0.05, 0) is 49.9 Å². The van der Waals surface area contributed by atoms with Crippen LogP contribution in [0.2, 0.25) is 0 Å². The summed E-state index contributed by atoms with van der Waals surface area (Å²) in [4.78, 5) is 30.9. The number of carbonyl (C=O) groups excluding carboxylic acids is 2. The molecule has 2 fully saturated rings. The molecule has 2 aromatic rings. The molecule has 1 aromatic carbocycles. The van der Waals surface area contributed by atoms with E-state index >= 15 is 0 Å². The lowest BCUT2D eigenvalue weighted by Crippen LogP contribution is -2.51. The van der Waals surface area contributed by atoms with E-state index in [2.05, 4.69) is 20.8 Å². The van der Waals surface area contributed by atoms with Crippen molar-refractivity contribution in [3.8, 4) is 11.4 Å². The molecule has 0 atom stereocenters. The molecule has 1 saturated heterocycles. The Hall–Kier alpha value is -2.97. The van der Waals surface area contributed by atoms with Gasteiger partial charge in [0.15, 0.2) is 0 Å². The number of benzene rings is 1. The van der Waals surface area contributed by atoms with Crippen LogP contribution in [0.3, 0.4) is 0 Å². The van der Waals surface area contributed by atoms with Gasteiger partial charge >= 0.3 is 6.03 Å². The van der Waals surface area contributed by atoms with Crippen LogP contribution < -0.4 is 10.6 Å². The van der Waals surface area contributed by atoms with Gasteiger partial charge in [-0.3, -0.25) is 4.79 Å². The second-order valence-corrected chi connectivity index (χ2v) is 8.63. The highest BCUT2D eigenvalue weighted by molar-refractivity contribution is 5.77. The molecule has 8 nitrogen and oxygen atoms in total. The van der Waals surface area contributed by atoms with E-state index in [4.69, 9.17) is 4.52 Å². The van der Waals surface area contributed by atoms with E-state index in [0.29, 0.717) is 42.8 Å². The third kappa shape index (κ3) is 6.05. The zero-order valence-corrected chi connectivity index (χ0v) is 18.2. The number of hydrogen-bond donors (Lipinski definition) is 2. The summed E-state index contributed by atoms with van der Waals surface area (Å²) in [7, 11) is 0. The molecular weight excluding hydrogens is 413 g/mol. The summed E-state index contributed by atoms with van der Waals surface area (Å²) in [6.07, 6.45) is 7.87. The SMILES string of the molecule is O=C(CCc1nc(-c2ccc(F)cc2)no1)NC1CCN(C(=O)NC2CCCCC2)CC1. The fourth-order valence-electron chi connectivity index (χ4n) is 4.33. The molecule has 172 valence electrons. The van der Waals surface area contributed by atoms with Crippen LogP contribution in [0.4, 0.5) is 9.18 Å². The lowest BCUT2D eigenvalue weighted by atomic mass is 9.95. The van der Waals surface area contributed by atoms with Gasteiger partial charge in [-0.2, -0.15) is 4.98 Å². The number of halogens is 1. The minimum absolute atomic E-state index is 0.0232. The predicted octanol–water partition coefficient (Wildman–Crippen LogP) is 3.43. The molecule has 2 aliphatic rings. The van der Waals surface area contributed by atoms with Crippen molar-refractivity contribution in [3.63, 3.8) is 0 Å². The summed E-state index contributed by atoms with van der Waals surface area (Å²) in [6, 6.07) is 6.24. The Bertz CT molecular complexity index is 903. The van der Waals surface area contributed by atoms with E-state index in [0.717, 1.165) is 25.7 Å². The Morgan fingerprint density at radius 2 is 1.69 bits per heavy atom. The normalized spacial score (nSPS) is 17.8. The summed E-state index contributed by atoms with van der Waals surface area (Å²) in [6.45, 7) is 1.29. The number of carbonyl (C=O) groups is 2. The van der Waals surface area contributed by atoms with Gasteiger partial charge in [0.1, 0.15) is 5.82 Å². The number of piperidine rings is 1. The molecule has 32 heavy (non-hydrogen) atoms. The van der Waals surface area contributed by atoms with Gasteiger partial charge in [0.2, 0.25) is 17.6 Å². The zero-order valence-electron chi connectivity index (χ0n) is 18.2. The molecule has 0 unspecified atom stereocenters. The third-order valence-corrected chi connectivity index (χ3v) is 6.22. The lowest BCUT2D eigenvalue weighted by Gasteiger charge is -2.34. The Kier molecular flexibility index (Phi) is 7.34. The molecule has 0 spiro atoms. The average molecular weight is 444 g/mol. The minimum atomic E-state index is -0.329. The topological polar surface area (TPSA) is 100 Å². The van der Waals surface area contributed by atoms with Crippen molar-refractivity contribution in [1.29, 1.82) is 0 Å². The highest BCUT2D eigenvalue weighted by atomic mass is 19.1. The predicted molar refractivity (Wildman–Crippen MR) is 116 cm³/mol. The van der Waals surface area contributed by atoms with Crippen LogP contribution in [-0.2, 0) is 11.2 Å². The number of nitrogens with one attached hydrogen (secondary N) is 2. The van der Waals surface area contributed by atoms with Crippen molar-refractivity contribution in [2.24, 2.45) is 0 Å². The molecule has 2 heterocycles. The maximum atomic E-state index is 13.0. The second-order valence-electron chi connectivity index (χ2n) is 8.63. The Morgan fingerprint density at radius 3 is 2.41 bits per heavy atom. The zero-order chi connectivity index (χ0) is 22.3. The van der Waals surface area contributed by atoms with Gasteiger partial charge in [-0.1, -0.05) is 24.4 Å². The molecule has 3 amide bonds. The molecule has 1 aliphatic carbocycles. The second kappa shape index (κ2) is 10.6. The maximum absolute atomic E-state index is 13.0. The van der Waals surface area contributed by atoms with Crippen molar-refractivity contribution in [1.82, 2.24) is 25.7 Å². The smallest absolute Gasteiger partial charge is 0.317 e. The highest BCUT2D eigenvalue weighted by Crippen LogP contribution is 2.19. The van der Waals surface area contributed by atoms with Gasteiger partial charge in [0, 0.05) is 43.6 Å². The van der Waals surface area contributed by atoms with E-state index in [1.807, 2.05) is 4.90 Å². The van der Waals surface area contributed by atoms with Crippen molar-refractivity contribution in [2.75, 3.05) is 13.1 Å². The van der Waals surface area contributed by atoms with Gasteiger partial charge in [0.05, 0.1) is 0 Å². The molecule has 9 heteroatoms. The number of amides is 3. The molecule has 1 aliphatic heterocycles. The molecular formula is C23H30FN5O3. The van der Waals surface area contributed by atoms with Gasteiger partial charge in [-0.25, -0.2) is 9.18 Å². The monoisotopic (exact) mass is 443 g/mol. The van der Waals surface area contributed by atoms with Crippen molar-refractivity contribution >= 4 is 11.9 Å². The van der Waals surface area contributed by atoms with Gasteiger partial charge in [-0.15, -0.1) is 0 Å². The van der Waals surface area contributed by atoms with E-state index in [-0.39, 0.29) is 30.2 Å². The van der Waals surface area contributed by atoms with Crippen LogP contribution >= 0.6 is 0 Å². The number of likely N-dealkylation sites (tertiary alicyclic amines) is 1. The summed E-state index contributed by atoms with van der Waals surface area (Å²) in [5.41, 5.74) is 0.658. The third-order valence-electron chi connectivity index (χ3n) is 6.22. The first kappa shape index (κ1) is 22.2. The molecule has 0 radical (unpaired) electrons. The summed E-state index contributed by atoms with van der Waals surface area (Å²) < 4.78 is 18.2. The summed E-state index contributed by atoms with van der Waals surface area (Å²) in [5, 5.41) is 10.1. The van der Waals surface area contributed by atoms with Crippen LogP contribution in [0.25, 0.3) is 11.4 Å². The first-order valence-corrected chi connectivity index (χ1v) is 11.5. The Balaban J connectivity index is 1.16. The molecule has 0 bridgehead atoms. The standard InChI is InChI=1S/C23H30FN5O3/c24-17-8-6-16(7-9-17)22-27-21(32-28-22)11-10-20(30)25-19-12-14-29(15-13-19)23(31)26-18-4-2-1-3-5-18/h6-9,18-19H,1-5,10-15H2,(H,25,30)(H,26,31). The average Bonchev–Trinajstić information content (AvgIpc) is 3.28. The lowest BCUT2D eigenvalue weighted by molar-refractivity contribution is -0.122. The highest BCUT2D eigenvalue weighted by Gasteiger charge is 2.25. The quantitative estimate of drug-likeness (QED) is 0.712. The minimum Gasteiger partial charge on any atom is -0.353 e. The van der Waals surface area contributed by atoms with Crippen LogP contribution in [0.15, 0.2) is 28.8 Å². The number of rotatable bonds is 6.